The normalized spacial score (nSPS) is 28.1. The van der Waals surface area contributed by atoms with Crippen LogP contribution in [0.1, 0.15) is 39.0 Å². The van der Waals surface area contributed by atoms with Gasteiger partial charge in [0.25, 0.3) is 0 Å². The fourth-order valence-electron chi connectivity index (χ4n) is 3.54. The third kappa shape index (κ3) is 4.17. The molecule has 0 saturated carbocycles. The van der Waals surface area contributed by atoms with Crippen molar-refractivity contribution in [3.8, 4) is 0 Å². The van der Waals surface area contributed by atoms with Gasteiger partial charge in [0.05, 0.1) is 6.61 Å². The highest BCUT2D eigenvalue weighted by atomic mass is 16.3. The Morgan fingerprint density at radius 1 is 1.20 bits per heavy atom. The third-order valence-electron chi connectivity index (χ3n) is 4.65. The van der Waals surface area contributed by atoms with E-state index in [1.54, 1.807) is 0 Å². The van der Waals surface area contributed by atoms with Crippen molar-refractivity contribution in [1.82, 2.24) is 15.1 Å². The van der Waals surface area contributed by atoms with Crippen LogP contribution >= 0.6 is 0 Å². The zero-order valence-corrected chi connectivity index (χ0v) is 12.7. The van der Waals surface area contributed by atoms with E-state index >= 15 is 0 Å². The Kier molecular flexibility index (Phi) is 6.26. The van der Waals surface area contributed by atoms with Crippen LogP contribution in [0.15, 0.2) is 0 Å². The first kappa shape index (κ1) is 15.7. The van der Waals surface area contributed by atoms with Gasteiger partial charge in [0.2, 0.25) is 5.91 Å². The number of aliphatic hydroxyl groups is 1. The quantitative estimate of drug-likeness (QED) is 0.712. The van der Waals surface area contributed by atoms with Crippen molar-refractivity contribution >= 4 is 5.91 Å². The van der Waals surface area contributed by atoms with Gasteiger partial charge in [0.1, 0.15) is 0 Å². The number of carbonyl (C=O) groups is 1. The number of nitrogens with zero attached hydrogens (tertiary/aromatic N) is 2. The topological polar surface area (TPSA) is 55.8 Å². The van der Waals surface area contributed by atoms with Crippen molar-refractivity contribution in [3.63, 3.8) is 0 Å². The van der Waals surface area contributed by atoms with Crippen LogP contribution in [0.3, 0.4) is 0 Å². The van der Waals surface area contributed by atoms with E-state index in [-0.39, 0.29) is 12.5 Å². The lowest BCUT2D eigenvalue weighted by Gasteiger charge is -2.31. The van der Waals surface area contributed by atoms with E-state index in [1.165, 1.54) is 19.3 Å². The summed E-state index contributed by atoms with van der Waals surface area (Å²) >= 11 is 0. The summed E-state index contributed by atoms with van der Waals surface area (Å²) in [5.74, 6) is 0.160. The van der Waals surface area contributed by atoms with E-state index < -0.39 is 0 Å². The second kappa shape index (κ2) is 7.96. The average Bonchev–Trinajstić information content (AvgIpc) is 3.06. The van der Waals surface area contributed by atoms with Crippen molar-refractivity contribution in [2.75, 3.05) is 39.3 Å². The van der Waals surface area contributed by atoms with Crippen LogP contribution < -0.4 is 5.32 Å². The van der Waals surface area contributed by atoms with E-state index in [0.717, 1.165) is 32.6 Å². The molecular formula is C15H29N3O2. The molecule has 0 spiro atoms. The number of hydrogen-bond acceptors (Lipinski definition) is 4. The molecule has 2 unspecified atom stereocenters. The molecule has 0 radical (unpaired) electrons. The summed E-state index contributed by atoms with van der Waals surface area (Å²) in [6, 6.07) is 0.928. The van der Waals surface area contributed by atoms with E-state index in [2.05, 4.69) is 15.1 Å². The third-order valence-corrected chi connectivity index (χ3v) is 4.65. The molecule has 2 aliphatic heterocycles. The fraction of sp³-hybridized carbons (Fsp3) is 0.933. The molecule has 116 valence electrons. The minimum absolute atomic E-state index is 0.160. The molecule has 5 nitrogen and oxygen atoms in total. The SMILES string of the molecule is CCNC(=O)CCN1CCCC1CN1CCCC1CO. The molecule has 2 atom stereocenters. The Morgan fingerprint density at radius 2 is 1.90 bits per heavy atom. The van der Waals surface area contributed by atoms with Gasteiger partial charge >= 0.3 is 0 Å². The van der Waals surface area contributed by atoms with Crippen LogP contribution in [0.25, 0.3) is 0 Å². The number of rotatable bonds is 7. The Hall–Kier alpha value is -0.650. The molecule has 0 aliphatic carbocycles. The predicted molar refractivity (Wildman–Crippen MR) is 79.6 cm³/mol. The summed E-state index contributed by atoms with van der Waals surface area (Å²) < 4.78 is 0. The number of aliphatic hydroxyl groups excluding tert-OH is 1. The van der Waals surface area contributed by atoms with Crippen molar-refractivity contribution in [2.24, 2.45) is 0 Å². The van der Waals surface area contributed by atoms with Gasteiger partial charge in [-0.3, -0.25) is 14.6 Å². The van der Waals surface area contributed by atoms with Gasteiger partial charge in [-0.25, -0.2) is 0 Å². The van der Waals surface area contributed by atoms with Crippen LogP contribution in [-0.4, -0.2) is 72.2 Å². The van der Waals surface area contributed by atoms with E-state index in [0.29, 0.717) is 25.0 Å². The Morgan fingerprint density at radius 3 is 2.60 bits per heavy atom. The molecular weight excluding hydrogens is 254 g/mol. The van der Waals surface area contributed by atoms with Gasteiger partial charge in [-0.1, -0.05) is 0 Å². The Balaban J connectivity index is 1.77. The maximum absolute atomic E-state index is 11.6. The molecule has 0 bridgehead atoms. The minimum Gasteiger partial charge on any atom is -0.395 e. The van der Waals surface area contributed by atoms with Gasteiger partial charge in [0, 0.05) is 38.1 Å². The lowest BCUT2D eigenvalue weighted by atomic mass is 10.1. The monoisotopic (exact) mass is 283 g/mol. The van der Waals surface area contributed by atoms with Crippen LogP contribution in [-0.2, 0) is 4.79 Å². The molecule has 2 aliphatic rings. The smallest absolute Gasteiger partial charge is 0.221 e. The number of hydrogen-bond donors (Lipinski definition) is 2. The van der Waals surface area contributed by atoms with Crippen LogP contribution in [0.2, 0.25) is 0 Å². The number of amides is 1. The second-order valence-corrected chi connectivity index (χ2v) is 6.01. The molecule has 2 N–H and O–H groups in total. The van der Waals surface area contributed by atoms with E-state index in [4.69, 9.17) is 0 Å². The lowest BCUT2D eigenvalue weighted by molar-refractivity contribution is -0.121. The van der Waals surface area contributed by atoms with Crippen molar-refractivity contribution in [3.05, 3.63) is 0 Å². The summed E-state index contributed by atoms with van der Waals surface area (Å²) in [5, 5.41) is 12.3. The molecule has 2 saturated heterocycles. The summed E-state index contributed by atoms with van der Waals surface area (Å²) in [4.78, 5) is 16.5. The first-order valence-electron chi connectivity index (χ1n) is 8.10. The van der Waals surface area contributed by atoms with E-state index in [9.17, 15) is 9.90 Å². The van der Waals surface area contributed by atoms with Crippen molar-refractivity contribution in [2.45, 2.75) is 51.1 Å². The van der Waals surface area contributed by atoms with Gasteiger partial charge in [-0.2, -0.15) is 0 Å². The van der Waals surface area contributed by atoms with E-state index in [1.807, 2.05) is 6.92 Å². The van der Waals surface area contributed by atoms with Crippen molar-refractivity contribution in [1.29, 1.82) is 0 Å². The molecule has 1 amide bonds. The maximum atomic E-state index is 11.6. The van der Waals surface area contributed by atoms with Gasteiger partial charge in [-0.15, -0.1) is 0 Å². The van der Waals surface area contributed by atoms with Crippen LogP contribution in [0.5, 0.6) is 0 Å². The molecule has 5 heteroatoms. The molecule has 2 fully saturated rings. The average molecular weight is 283 g/mol. The van der Waals surface area contributed by atoms with Gasteiger partial charge in [-0.05, 0) is 45.7 Å². The highest BCUT2D eigenvalue weighted by molar-refractivity contribution is 5.75. The molecule has 2 heterocycles. The number of likely N-dealkylation sites (tertiary alicyclic amines) is 2. The molecule has 0 aromatic rings. The highest BCUT2D eigenvalue weighted by Gasteiger charge is 2.31. The maximum Gasteiger partial charge on any atom is 0.221 e. The summed E-state index contributed by atoms with van der Waals surface area (Å²) in [6.45, 7) is 7.11. The van der Waals surface area contributed by atoms with Gasteiger partial charge in [0.15, 0.2) is 0 Å². The zero-order chi connectivity index (χ0) is 14.4. The summed E-state index contributed by atoms with van der Waals surface area (Å²) in [7, 11) is 0. The zero-order valence-electron chi connectivity index (χ0n) is 12.7. The predicted octanol–water partition coefficient (Wildman–Crippen LogP) is 0.434. The fourth-order valence-corrected chi connectivity index (χ4v) is 3.54. The Bertz CT molecular complexity index is 311. The molecule has 2 rings (SSSR count). The number of nitrogens with one attached hydrogen (secondary N) is 1. The lowest BCUT2D eigenvalue weighted by Crippen LogP contribution is -2.44. The number of carbonyl (C=O) groups excluding carboxylic acids is 1. The summed E-state index contributed by atoms with van der Waals surface area (Å²) in [5.41, 5.74) is 0. The second-order valence-electron chi connectivity index (χ2n) is 6.01. The van der Waals surface area contributed by atoms with Crippen LogP contribution in [0.4, 0.5) is 0 Å². The van der Waals surface area contributed by atoms with Gasteiger partial charge < -0.3 is 10.4 Å². The van der Waals surface area contributed by atoms with Crippen molar-refractivity contribution < 1.29 is 9.90 Å². The molecule has 0 aromatic heterocycles. The largest absolute Gasteiger partial charge is 0.395 e. The van der Waals surface area contributed by atoms with Crippen LogP contribution in [0, 0.1) is 0 Å². The summed E-state index contributed by atoms with van der Waals surface area (Å²) in [6.07, 6.45) is 5.40. The standard InChI is InChI=1S/C15H29N3O2/c1-2-16-15(20)7-10-17-8-3-5-13(17)11-18-9-4-6-14(18)12-19/h13-14,19H,2-12H2,1H3,(H,16,20). The minimum atomic E-state index is 0.160. The first-order chi connectivity index (χ1) is 9.74. The molecule has 20 heavy (non-hydrogen) atoms. The molecule has 0 aromatic carbocycles. The highest BCUT2D eigenvalue weighted by Crippen LogP contribution is 2.23. The first-order valence-corrected chi connectivity index (χ1v) is 8.10. The Labute approximate surface area is 122 Å².